The number of benzene rings is 1. The van der Waals surface area contributed by atoms with E-state index in [1.54, 1.807) is 0 Å². The van der Waals surface area contributed by atoms with E-state index in [4.69, 9.17) is 14.7 Å². The molecular weight excluding hydrogens is 352 g/mol. The maximum atomic E-state index is 9.19. The van der Waals surface area contributed by atoms with Crippen molar-refractivity contribution in [2.24, 2.45) is 0 Å². The third-order valence-corrected chi connectivity index (χ3v) is 6.25. The second-order valence-electron chi connectivity index (χ2n) is 8.19. The Bertz CT molecular complexity index is 829. The average Bonchev–Trinajstić information content (AvgIpc) is 3.35. The van der Waals surface area contributed by atoms with Crippen molar-refractivity contribution < 1.29 is 9.84 Å². The second-order valence-corrected chi connectivity index (χ2v) is 8.19. The van der Waals surface area contributed by atoms with Crippen LogP contribution in [0, 0.1) is 0 Å². The Morgan fingerprint density at radius 3 is 2.89 bits per heavy atom. The molecule has 0 radical (unpaired) electrons. The van der Waals surface area contributed by atoms with Crippen LogP contribution in [-0.4, -0.2) is 64.5 Å². The normalized spacial score (nSPS) is 26.8. The van der Waals surface area contributed by atoms with Crippen molar-refractivity contribution in [2.45, 2.75) is 50.3 Å². The zero-order chi connectivity index (χ0) is 18.9. The van der Waals surface area contributed by atoms with E-state index in [9.17, 15) is 5.11 Å². The van der Waals surface area contributed by atoms with Gasteiger partial charge in [-0.05, 0) is 32.1 Å². The Kier molecular flexibility index (Phi) is 5.01. The van der Waals surface area contributed by atoms with Gasteiger partial charge in [0.2, 0.25) is 0 Å². The molecule has 2 aromatic rings. The minimum Gasteiger partial charge on any atom is -0.396 e. The highest BCUT2D eigenvalue weighted by molar-refractivity contribution is 5.61. The lowest BCUT2D eigenvalue weighted by molar-refractivity contribution is -0.0566. The van der Waals surface area contributed by atoms with Gasteiger partial charge in [-0.2, -0.15) is 0 Å². The van der Waals surface area contributed by atoms with Crippen LogP contribution in [0.4, 0.5) is 5.82 Å². The predicted molar refractivity (Wildman–Crippen MR) is 108 cm³/mol. The molecule has 2 N–H and O–H groups in total. The molecule has 0 saturated carbocycles. The van der Waals surface area contributed by atoms with Crippen LogP contribution in [0.3, 0.4) is 0 Å². The van der Waals surface area contributed by atoms with Gasteiger partial charge in [0.25, 0.3) is 0 Å². The van der Waals surface area contributed by atoms with Crippen molar-refractivity contribution in [3.63, 3.8) is 0 Å². The Morgan fingerprint density at radius 2 is 2.04 bits per heavy atom. The Morgan fingerprint density at radius 1 is 1.14 bits per heavy atom. The molecule has 28 heavy (non-hydrogen) atoms. The summed E-state index contributed by atoms with van der Waals surface area (Å²) < 4.78 is 5.93. The van der Waals surface area contributed by atoms with Gasteiger partial charge in [-0.1, -0.05) is 30.3 Å². The largest absolute Gasteiger partial charge is 0.396 e. The minimum absolute atomic E-state index is 0.160. The molecule has 1 aliphatic carbocycles. The maximum absolute atomic E-state index is 9.19. The number of nitrogens with one attached hydrogen (secondary N) is 1. The molecule has 2 fully saturated rings. The number of rotatable bonds is 5. The molecule has 0 unspecified atom stereocenters. The van der Waals surface area contributed by atoms with Gasteiger partial charge in [-0.25, -0.2) is 9.97 Å². The number of ether oxygens (including phenoxy) is 1. The summed E-state index contributed by atoms with van der Waals surface area (Å²) in [6.07, 6.45) is 5.23. The summed E-state index contributed by atoms with van der Waals surface area (Å²) in [6, 6.07) is 11.1. The second kappa shape index (κ2) is 7.78. The SMILES string of the molecule is OCC[C@H]1CN2C[C@H](Nc3nc(-c4ccccc4)nc4c3CCC4)C[C@H]2CO1. The molecule has 2 saturated heterocycles. The van der Waals surface area contributed by atoms with Crippen LogP contribution in [0.1, 0.15) is 30.5 Å². The number of anilines is 1. The maximum Gasteiger partial charge on any atom is 0.161 e. The van der Waals surface area contributed by atoms with Gasteiger partial charge in [-0.3, -0.25) is 4.90 Å². The lowest BCUT2D eigenvalue weighted by Gasteiger charge is -2.34. The lowest BCUT2D eigenvalue weighted by Crippen LogP contribution is -2.46. The quantitative estimate of drug-likeness (QED) is 0.829. The molecule has 3 atom stereocenters. The third kappa shape index (κ3) is 3.52. The zero-order valence-corrected chi connectivity index (χ0v) is 16.2. The number of hydrogen-bond acceptors (Lipinski definition) is 6. The van der Waals surface area contributed by atoms with Gasteiger partial charge in [0.15, 0.2) is 5.82 Å². The van der Waals surface area contributed by atoms with E-state index in [-0.39, 0.29) is 12.7 Å². The van der Waals surface area contributed by atoms with E-state index in [0.29, 0.717) is 12.1 Å². The fourth-order valence-corrected chi connectivity index (χ4v) is 4.83. The minimum atomic E-state index is 0.160. The molecule has 0 bridgehead atoms. The Hall–Kier alpha value is -2.02. The van der Waals surface area contributed by atoms with Crippen LogP contribution < -0.4 is 5.32 Å². The highest BCUT2D eigenvalue weighted by Crippen LogP contribution is 2.32. The van der Waals surface area contributed by atoms with Gasteiger partial charge in [0, 0.05) is 48.6 Å². The molecule has 5 rings (SSSR count). The molecule has 2 aliphatic heterocycles. The molecule has 3 heterocycles. The number of aromatic nitrogens is 2. The van der Waals surface area contributed by atoms with Crippen molar-refractivity contribution in [1.29, 1.82) is 0 Å². The number of aliphatic hydroxyl groups is 1. The topological polar surface area (TPSA) is 70.5 Å². The van der Waals surface area contributed by atoms with Crippen LogP contribution in [0.25, 0.3) is 11.4 Å². The smallest absolute Gasteiger partial charge is 0.161 e. The first-order chi connectivity index (χ1) is 13.8. The number of morpholine rings is 1. The molecule has 6 heteroatoms. The molecule has 1 aromatic carbocycles. The predicted octanol–water partition coefficient (Wildman–Crippen LogP) is 2.27. The van der Waals surface area contributed by atoms with Crippen molar-refractivity contribution in [2.75, 3.05) is 31.6 Å². The average molecular weight is 380 g/mol. The number of aliphatic hydroxyl groups excluding tert-OH is 1. The molecule has 148 valence electrons. The molecule has 0 amide bonds. The Balaban J connectivity index is 1.35. The van der Waals surface area contributed by atoms with Gasteiger partial charge < -0.3 is 15.2 Å². The van der Waals surface area contributed by atoms with Gasteiger partial charge in [0.05, 0.1) is 12.7 Å². The Labute approximate surface area is 166 Å². The summed E-state index contributed by atoms with van der Waals surface area (Å²) in [5, 5.41) is 12.9. The van der Waals surface area contributed by atoms with Crippen LogP contribution in [0.5, 0.6) is 0 Å². The fraction of sp³-hybridized carbons (Fsp3) is 0.545. The van der Waals surface area contributed by atoms with Gasteiger partial charge >= 0.3 is 0 Å². The monoisotopic (exact) mass is 380 g/mol. The molecule has 1 aromatic heterocycles. The summed E-state index contributed by atoms with van der Waals surface area (Å²) in [7, 11) is 0. The van der Waals surface area contributed by atoms with Gasteiger partial charge in [-0.15, -0.1) is 0 Å². The molecule has 0 spiro atoms. The first-order valence-corrected chi connectivity index (χ1v) is 10.5. The fourth-order valence-electron chi connectivity index (χ4n) is 4.83. The van der Waals surface area contributed by atoms with E-state index in [0.717, 1.165) is 69.0 Å². The first kappa shape index (κ1) is 18.0. The van der Waals surface area contributed by atoms with Crippen LogP contribution in [-0.2, 0) is 17.6 Å². The van der Waals surface area contributed by atoms with Crippen molar-refractivity contribution in [3.05, 3.63) is 41.6 Å². The molecule has 3 aliphatic rings. The summed E-state index contributed by atoms with van der Waals surface area (Å²) >= 11 is 0. The summed E-state index contributed by atoms with van der Waals surface area (Å²) in [6.45, 7) is 2.89. The van der Waals surface area contributed by atoms with Crippen molar-refractivity contribution in [3.8, 4) is 11.4 Å². The number of aryl methyl sites for hydroxylation is 1. The van der Waals surface area contributed by atoms with Crippen molar-refractivity contribution >= 4 is 5.82 Å². The first-order valence-electron chi connectivity index (χ1n) is 10.5. The highest BCUT2D eigenvalue weighted by atomic mass is 16.5. The summed E-state index contributed by atoms with van der Waals surface area (Å²) in [4.78, 5) is 12.3. The van der Waals surface area contributed by atoms with Gasteiger partial charge in [0.1, 0.15) is 5.82 Å². The molecular formula is C22H28N4O2. The van der Waals surface area contributed by atoms with E-state index in [1.165, 1.54) is 11.3 Å². The van der Waals surface area contributed by atoms with E-state index >= 15 is 0 Å². The van der Waals surface area contributed by atoms with Crippen LogP contribution in [0.2, 0.25) is 0 Å². The number of nitrogens with zero attached hydrogens (tertiary/aromatic N) is 3. The lowest BCUT2D eigenvalue weighted by atomic mass is 10.1. The van der Waals surface area contributed by atoms with E-state index < -0.39 is 0 Å². The summed E-state index contributed by atoms with van der Waals surface area (Å²) in [5.74, 6) is 1.85. The van der Waals surface area contributed by atoms with Crippen LogP contribution >= 0.6 is 0 Å². The molecule has 6 nitrogen and oxygen atoms in total. The summed E-state index contributed by atoms with van der Waals surface area (Å²) in [5.41, 5.74) is 3.58. The highest BCUT2D eigenvalue weighted by Gasteiger charge is 2.37. The van der Waals surface area contributed by atoms with Crippen molar-refractivity contribution in [1.82, 2.24) is 14.9 Å². The number of fused-ring (bicyclic) bond motifs is 2. The standard InChI is InChI=1S/C22H28N4O2/c27-10-9-18-13-26-12-16(11-17(26)14-28-18)23-22-19-7-4-8-20(19)24-21(25-22)15-5-2-1-3-6-15/h1-3,5-6,16-18,27H,4,7-14H2,(H,23,24,25)/t16-,17+,18+/m1/s1. The zero-order valence-electron chi connectivity index (χ0n) is 16.2. The third-order valence-electron chi connectivity index (χ3n) is 6.25. The van der Waals surface area contributed by atoms with E-state index in [2.05, 4.69) is 22.3 Å². The van der Waals surface area contributed by atoms with E-state index in [1.807, 2.05) is 18.2 Å². The number of hydrogen-bond donors (Lipinski definition) is 2. The van der Waals surface area contributed by atoms with Crippen LogP contribution in [0.15, 0.2) is 30.3 Å².